The highest BCUT2D eigenvalue weighted by atomic mass is 32.2. The van der Waals surface area contributed by atoms with Crippen LogP contribution in [0.5, 0.6) is 0 Å². The summed E-state index contributed by atoms with van der Waals surface area (Å²) in [5, 5.41) is 29.0. The number of ether oxygens (including phenoxy) is 1. The molecule has 0 heterocycles. The fourth-order valence-corrected chi connectivity index (χ4v) is 6.53. The van der Waals surface area contributed by atoms with E-state index < -0.39 is 27.7 Å². The summed E-state index contributed by atoms with van der Waals surface area (Å²) in [7, 11) is -2.74. The molecular formula is C30H34N4O6S. The first-order chi connectivity index (χ1) is 19.5. The van der Waals surface area contributed by atoms with Gasteiger partial charge in [0.25, 0.3) is 0 Å². The number of hydrogen-bond donors (Lipinski definition) is 5. The molecule has 1 aliphatic carbocycles. The molecule has 1 fully saturated rings. The summed E-state index contributed by atoms with van der Waals surface area (Å²) in [6.45, 7) is 0. The number of carbonyl (C=O) groups is 2. The van der Waals surface area contributed by atoms with Gasteiger partial charge in [0.15, 0.2) is 0 Å². The molecule has 0 aromatic heterocycles. The van der Waals surface area contributed by atoms with Crippen LogP contribution in [0.3, 0.4) is 0 Å². The minimum atomic E-state index is -3.96. The molecule has 0 aliphatic heterocycles. The van der Waals surface area contributed by atoms with Gasteiger partial charge in [-0.25, -0.2) is 23.1 Å². The van der Waals surface area contributed by atoms with E-state index >= 15 is 0 Å². The Hall–Kier alpha value is -4.22. The van der Waals surface area contributed by atoms with Crippen LogP contribution in [0.4, 0.5) is 9.59 Å². The molecule has 1 saturated carbocycles. The zero-order valence-corrected chi connectivity index (χ0v) is 23.5. The molecule has 1 aliphatic rings. The van der Waals surface area contributed by atoms with Crippen LogP contribution in [0.2, 0.25) is 0 Å². The van der Waals surface area contributed by atoms with Crippen LogP contribution in [0.15, 0.2) is 77.7 Å². The Balaban J connectivity index is 1.79. The standard InChI is InChI=1S/C30H34N4O6S/c1-40-29(37)33-27(31)22-9-7-8-20(18-22)19-30(34-28(35)36,23-10-3-2-4-11-23)24-16-14-21(15-17-24)25-12-5-6-13-26(25)41(32,38)39/h5-9,12-18,23,34H,2-4,10-11,19H2,1H3,(H,35,36)(H2,31,33,37)(H2,32,38,39). The van der Waals surface area contributed by atoms with Crippen molar-refractivity contribution in [3.8, 4) is 11.1 Å². The number of nitrogens with two attached hydrogens (primary N) is 1. The molecular weight excluding hydrogens is 544 g/mol. The predicted molar refractivity (Wildman–Crippen MR) is 155 cm³/mol. The smallest absolute Gasteiger partial charge is 0.412 e. The summed E-state index contributed by atoms with van der Waals surface area (Å²) in [6, 6.07) is 20.8. The summed E-state index contributed by atoms with van der Waals surface area (Å²) in [6.07, 6.45) is 3.07. The number of benzene rings is 3. The fourth-order valence-electron chi connectivity index (χ4n) is 5.77. The van der Waals surface area contributed by atoms with Crippen molar-refractivity contribution < 1.29 is 27.9 Å². The Morgan fingerprint density at radius 3 is 2.34 bits per heavy atom. The van der Waals surface area contributed by atoms with E-state index in [1.165, 1.54) is 13.2 Å². The maximum atomic E-state index is 12.3. The van der Waals surface area contributed by atoms with Crippen molar-refractivity contribution >= 4 is 28.0 Å². The molecule has 10 nitrogen and oxygen atoms in total. The lowest BCUT2D eigenvalue weighted by Gasteiger charge is -2.43. The lowest BCUT2D eigenvalue weighted by atomic mass is 9.68. The SMILES string of the molecule is COC(=O)NC(=N)c1cccc(CC(NC(=O)O)(c2ccc(-c3ccccc3S(N)(=O)=O)cc2)C2CCCCC2)c1. The zero-order chi connectivity index (χ0) is 29.6. The zero-order valence-electron chi connectivity index (χ0n) is 22.7. The molecule has 11 heteroatoms. The predicted octanol–water partition coefficient (Wildman–Crippen LogP) is 4.97. The van der Waals surface area contributed by atoms with Crippen molar-refractivity contribution in [1.29, 1.82) is 5.41 Å². The Kier molecular flexibility index (Phi) is 9.09. The van der Waals surface area contributed by atoms with Gasteiger partial charge in [-0.1, -0.05) is 79.9 Å². The minimum Gasteiger partial charge on any atom is -0.465 e. The van der Waals surface area contributed by atoms with Gasteiger partial charge in [-0.3, -0.25) is 10.7 Å². The number of primary sulfonamides is 1. The second-order valence-corrected chi connectivity index (χ2v) is 11.8. The van der Waals surface area contributed by atoms with E-state index in [0.717, 1.165) is 43.2 Å². The number of amidine groups is 1. The van der Waals surface area contributed by atoms with Crippen molar-refractivity contribution in [2.75, 3.05) is 7.11 Å². The average molecular weight is 579 g/mol. The number of sulfonamides is 1. The lowest BCUT2D eigenvalue weighted by Crippen LogP contribution is -2.53. The highest BCUT2D eigenvalue weighted by Crippen LogP contribution is 2.42. The first-order valence-electron chi connectivity index (χ1n) is 13.3. The van der Waals surface area contributed by atoms with E-state index in [0.29, 0.717) is 23.1 Å². The van der Waals surface area contributed by atoms with Crippen LogP contribution < -0.4 is 15.8 Å². The summed E-state index contributed by atoms with van der Waals surface area (Å²) < 4.78 is 29.0. The Bertz CT molecular complexity index is 1530. The van der Waals surface area contributed by atoms with Crippen LogP contribution in [0.25, 0.3) is 11.1 Å². The molecule has 3 aromatic carbocycles. The third-order valence-corrected chi connectivity index (χ3v) is 8.62. The van der Waals surface area contributed by atoms with Crippen molar-refractivity contribution in [1.82, 2.24) is 10.6 Å². The Labute approximate surface area is 239 Å². The molecule has 0 bridgehead atoms. The molecule has 0 spiro atoms. The second-order valence-electron chi connectivity index (χ2n) is 10.2. The number of hydrogen-bond acceptors (Lipinski definition) is 6. The molecule has 0 radical (unpaired) electrons. The number of rotatable bonds is 8. The highest BCUT2D eigenvalue weighted by molar-refractivity contribution is 7.89. The number of methoxy groups -OCH3 is 1. The Morgan fingerprint density at radius 2 is 1.71 bits per heavy atom. The third-order valence-electron chi connectivity index (χ3n) is 7.65. The van der Waals surface area contributed by atoms with Crippen LogP contribution >= 0.6 is 0 Å². The largest absolute Gasteiger partial charge is 0.465 e. The number of carboxylic acid groups (broad SMARTS) is 1. The van der Waals surface area contributed by atoms with Crippen LogP contribution in [0.1, 0.15) is 48.8 Å². The molecule has 0 saturated heterocycles. The maximum absolute atomic E-state index is 12.3. The van der Waals surface area contributed by atoms with Gasteiger partial charge in [0.05, 0.1) is 17.5 Å². The third kappa shape index (κ3) is 6.93. The molecule has 3 aromatic rings. The van der Waals surface area contributed by atoms with Gasteiger partial charge in [0.1, 0.15) is 5.84 Å². The molecule has 1 unspecified atom stereocenters. The number of nitrogens with one attached hydrogen (secondary N) is 3. The number of alkyl carbamates (subject to hydrolysis) is 1. The van der Waals surface area contributed by atoms with Gasteiger partial charge in [-0.2, -0.15) is 0 Å². The topological polar surface area (TPSA) is 172 Å². The maximum Gasteiger partial charge on any atom is 0.412 e. The van der Waals surface area contributed by atoms with E-state index in [-0.39, 0.29) is 16.6 Å². The van der Waals surface area contributed by atoms with Crippen molar-refractivity contribution in [2.24, 2.45) is 11.1 Å². The lowest BCUT2D eigenvalue weighted by molar-refractivity contribution is 0.133. The first kappa shape index (κ1) is 29.8. The number of amides is 2. The Morgan fingerprint density at radius 1 is 1.02 bits per heavy atom. The van der Waals surface area contributed by atoms with Crippen LogP contribution in [-0.2, 0) is 26.7 Å². The summed E-state index contributed by atoms with van der Waals surface area (Å²) in [5.74, 6) is -0.141. The molecule has 2 amide bonds. The molecule has 216 valence electrons. The van der Waals surface area contributed by atoms with Gasteiger partial charge < -0.3 is 15.2 Å². The second kappa shape index (κ2) is 12.5. The van der Waals surface area contributed by atoms with Crippen molar-refractivity contribution in [3.63, 3.8) is 0 Å². The molecule has 1 atom stereocenters. The van der Waals surface area contributed by atoms with Gasteiger partial charge in [-0.15, -0.1) is 0 Å². The van der Waals surface area contributed by atoms with E-state index in [4.69, 9.17) is 10.5 Å². The molecule has 41 heavy (non-hydrogen) atoms. The minimum absolute atomic E-state index is 0.00814. The van der Waals surface area contributed by atoms with Crippen LogP contribution in [0, 0.1) is 11.3 Å². The van der Waals surface area contributed by atoms with E-state index in [9.17, 15) is 23.1 Å². The molecule has 6 N–H and O–H groups in total. The number of carbonyl (C=O) groups excluding carboxylic acids is 1. The normalized spacial score (nSPS) is 15.4. The van der Waals surface area contributed by atoms with Gasteiger partial charge in [-0.05, 0) is 47.6 Å². The average Bonchev–Trinajstić information content (AvgIpc) is 2.96. The summed E-state index contributed by atoms with van der Waals surface area (Å²) in [5.41, 5.74) is 2.08. The van der Waals surface area contributed by atoms with Gasteiger partial charge in [0, 0.05) is 17.5 Å². The van der Waals surface area contributed by atoms with E-state index in [1.807, 2.05) is 18.2 Å². The quantitative estimate of drug-likeness (QED) is 0.187. The van der Waals surface area contributed by atoms with E-state index in [1.54, 1.807) is 48.5 Å². The fraction of sp³-hybridized carbons (Fsp3) is 0.300. The summed E-state index contributed by atoms with van der Waals surface area (Å²) >= 11 is 0. The van der Waals surface area contributed by atoms with Gasteiger partial charge in [0.2, 0.25) is 10.0 Å². The van der Waals surface area contributed by atoms with Crippen molar-refractivity contribution in [2.45, 2.75) is 49.0 Å². The molecule has 4 rings (SSSR count). The van der Waals surface area contributed by atoms with Crippen LogP contribution in [-0.4, -0.2) is 38.7 Å². The van der Waals surface area contributed by atoms with E-state index in [2.05, 4.69) is 15.4 Å². The summed E-state index contributed by atoms with van der Waals surface area (Å²) in [4.78, 5) is 24.0. The van der Waals surface area contributed by atoms with Crippen molar-refractivity contribution in [3.05, 3.63) is 89.5 Å². The first-order valence-corrected chi connectivity index (χ1v) is 14.8. The highest BCUT2D eigenvalue weighted by Gasteiger charge is 2.42. The van der Waals surface area contributed by atoms with Gasteiger partial charge >= 0.3 is 12.2 Å². The monoisotopic (exact) mass is 578 g/mol.